The summed E-state index contributed by atoms with van der Waals surface area (Å²) in [7, 11) is 2.06. The van der Waals surface area contributed by atoms with E-state index in [-0.39, 0.29) is 0 Å². The second-order valence-electron chi connectivity index (χ2n) is 26.9. The lowest BCUT2D eigenvalue weighted by Crippen LogP contribution is -2.25. The van der Waals surface area contributed by atoms with E-state index in [2.05, 4.69) is 367 Å². The molecule has 0 aliphatic carbocycles. The molecule has 480 valence electrons. The average molecular weight is 1310 g/mol. The minimum absolute atomic E-state index is 1.13. The molecular formula is C99H65N4+. The molecule has 0 atom stereocenters. The smallest absolute Gasteiger partial charge is 0.169 e. The molecule has 103 heavy (non-hydrogen) atoms. The molecule has 4 heterocycles. The van der Waals surface area contributed by atoms with Crippen LogP contribution in [-0.2, 0) is 7.05 Å². The number of aromatic nitrogens is 4. The van der Waals surface area contributed by atoms with Crippen molar-refractivity contribution in [2.45, 2.75) is 0 Å². The molecule has 0 fully saturated rings. The summed E-state index contributed by atoms with van der Waals surface area (Å²) in [6.07, 6.45) is 15.4. The van der Waals surface area contributed by atoms with Crippen molar-refractivity contribution in [3.63, 3.8) is 0 Å². The highest BCUT2D eigenvalue weighted by Crippen LogP contribution is 2.52. The van der Waals surface area contributed by atoms with Crippen LogP contribution >= 0.6 is 0 Å². The maximum atomic E-state index is 4.35. The third kappa shape index (κ3) is 10.9. The molecule has 15 aromatic carbocycles. The lowest BCUT2D eigenvalue weighted by molar-refractivity contribution is -0.671. The van der Waals surface area contributed by atoms with Crippen molar-refractivity contribution in [1.29, 1.82) is 0 Å². The number of rotatable bonds is 12. The summed E-state index contributed by atoms with van der Waals surface area (Å²) in [5, 5.41) is 14.2. The van der Waals surface area contributed by atoms with Gasteiger partial charge in [0.15, 0.2) is 12.4 Å². The van der Waals surface area contributed by atoms with Gasteiger partial charge in [0.05, 0.1) is 0 Å². The van der Waals surface area contributed by atoms with Gasteiger partial charge in [0.25, 0.3) is 0 Å². The molecule has 0 N–H and O–H groups in total. The summed E-state index contributed by atoms with van der Waals surface area (Å²) >= 11 is 0. The fraction of sp³-hybridized carbons (Fsp3) is 0.0101. The van der Waals surface area contributed by atoms with Gasteiger partial charge in [-0.05, 0) is 259 Å². The Kier molecular flexibility index (Phi) is 15.1. The molecule has 0 spiro atoms. The van der Waals surface area contributed by atoms with Gasteiger partial charge in [-0.1, -0.05) is 255 Å². The first-order valence-corrected chi connectivity index (χ1v) is 35.2. The molecule has 4 aromatic heterocycles. The van der Waals surface area contributed by atoms with Gasteiger partial charge >= 0.3 is 0 Å². The first-order chi connectivity index (χ1) is 51.0. The molecule has 4 heteroatoms. The summed E-state index contributed by atoms with van der Waals surface area (Å²) in [5.41, 5.74) is 28.0. The molecule has 0 saturated heterocycles. The van der Waals surface area contributed by atoms with Gasteiger partial charge in [-0.25, -0.2) is 4.57 Å². The van der Waals surface area contributed by atoms with Gasteiger partial charge in [-0.3, -0.25) is 15.0 Å². The molecule has 0 saturated carbocycles. The summed E-state index contributed by atoms with van der Waals surface area (Å²) in [4.78, 5) is 13.0. The molecule has 0 unspecified atom stereocenters. The highest BCUT2D eigenvalue weighted by molar-refractivity contribution is 6.27. The topological polar surface area (TPSA) is 42.5 Å². The fourth-order valence-corrected chi connectivity index (χ4v) is 16.0. The molecule has 0 radical (unpaired) electrons. The van der Waals surface area contributed by atoms with E-state index in [1.165, 1.54) is 131 Å². The van der Waals surface area contributed by atoms with Crippen LogP contribution in [0.1, 0.15) is 0 Å². The van der Waals surface area contributed by atoms with E-state index in [4.69, 9.17) is 0 Å². The van der Waals surface area contributed by atoms with Crippen LogP contribution in [-0.4, -0.2) is 15.0 Å². The van der Waals surface area contributed by atoms with Crippen LogP contribution in [0.25, 0.3) is 198 Å². The van der Waals surface area contributed by atoms with Crippen molar-refractivity contribution in [3.8, 4) is 134 Å². The van der Waals surface area contributed by atoms with Crippen molar-refractivity contribution >= 4 is 64.6 Å². The minimum Gasteiger partial charge on any atom is -0.265 e. The summed E-state index contributed by atoms with van der Waals surface area (Å²) in [6.45, 7) is 0. The third-order valence-electron chi connectivity index (χ3n) is 21.0. The Labute approximate surface area is 598 Å². The standard InChI is InChI=1S/C99H65N4/c1-103-58-50-73(51-59-103)69-26-34-77(35-27-69)97-87-41-37-79(65-14-6-3-7-15-65)61-91(87)95(75-30-22-67(23-31-75)71-46-54-101-55-47-71)89-43-39-81(63-93(89)97)99-84-18-10-8-16-82(84)98(83-17-9-11-19-85(83)99)80-38-42-88-92(62-80)96(76-32-24-68(25-33-76)72-48-56-102-57-49-72)86-40-36-78(64-12-4-2-5-13-64)60-90(86)94(88)74-28-20-66(21-29-74)70-44-52-100-53-45-70/h2-63H,1H3/q+1. The van der Waals surface area contributed by atoms with Gasteiger partial charge in [-0.15, -0.1) is 0 Å². The van der Waals surface area contributed by atoms with Crippen LogP contribution in [0.4, 0.5) is 0 Å². The third-order valence-corrected chi connectivity index (χ3v) is 21.0. The molecule has 0 bridgehead atoms. The molecular weight excluding hydrogens is 1250 g/mol. The van der Waals surface area contributed by atoms with E-state index >= 15 is 0 Å². The Morgan fingerprint density at radius 1 is 0.155 bits per heavy atom. The van der Waals surface area contributed by atoms with Gasteiger partial charge < -0.3 is 0 Å². The normalized spacial score (nSPS) is 11.5. The van der Waals surface area contributed by atoms with Crippen LogP contribution in [0.3, 0.4) is 0 Å². The highest BCUT2D eigenvalue weighted by Gasteiger charge is 2.25. The Hall–Kier alpha value is -13.5. The number of pyridine rings is 4. The lowest BCUT2D eigenvalue weighted by Gasteiger charge is -2.22. The van der Waals surface area contributed by atoms with E-state index in [1.54, 1.807) is 0 Å². The summed E-state index contributed by atoms with van der Waals surface area (Å²) in [6, 6.07) is 122. The maximum absolute atomic E-state index is 4.35. The van der Waals surface area contributed by atoms with Gasteiger partial charge in [0.2, 0.25) is 0 Å². The van der Waals surface area contributed by atoms with Crippen LogP contribution in [0.15, 0.2) is 377 Å². The van der Waals surface area contributed by atoms with E-state index < -0.39 is 0 Å². The van der Waals surface area contributed by atoms with E-state index in [1.807, 2.05) is 37.2 Å². The zero-order chi connectivity index (χ0) is 68.3. The molecule has 0 aliphatic heterocycles. The van der Waals surface area contributed by atoms with Crippen molar-refractivity contribution in [2.24, 2.45) is 7.05 Å². The first kappa shape index (κ1) is 60.6. The highest BCUT2D eigenvalue weighted by atomic mass is 14.9. The largest absolute Gasteiger partial charge is 0.265 e. The van der Waals surface area contributed by atoms with Crippen LogP contribution < -0.4 is 4.57 Å². The number of fused-ring (bicyclic) bond motifs is 6. The zero-order valence-corrected chi connectivity index (χ0v) is 56.6. The van der Waals surface area contributed by atoms with E-state index in [9.17, 15) is 0 Å². The monoisotopic (exact) mass is 1310 g/mol. The van der Waals surface area contributed by atoms with Crippen LogP contribution in [0, 0.1) is 0 Å². The number of benzene rings is 15. The maximum Gasteiger partial charge on any atom is 0.169 e. The SMILES string of the molecule is C[n+]1ccc(-c2ccc(-c3c4ccc(-c5ccccc5)cc4c(-c4ccc(-c5ccncc5)cc4)c4ccc(-c5c6ccccc6c(-c6ccc7c(-c8ccc(-c9ccncc9)cc8)c8cc(-c9ccccc9)ccc8c(-c8ccc(-c9ccncc9)cc8)c7c6)c6ccccc56)cc34)cc2)cc1. The fourth-order valence-electron chi connectivity index (χ4n) is 16.0. The predicted octanol–water partition coefficient (Wildman–Crippen LogP) is 25.6. The number of hydrogen-bond acceptors (Lipinski definition) is 3. The van der Waals surface area contributed by atoms with Gasteiger partial charge in [0.1, 0.15) is 7.05 Å². The van der Waals surface area contributed by atoms with Crippen molar-refractivity contribution < 1.29 is 4.57 Å². The Bertz CT molecular complexity index is 6360. The second-order valence-corrected chi connectivity index (χ2v) is 26.9. The molecule has 19 rings (SSSR count). The van der Waals surface area contributed by atoms with E-state index in [0.29, 0.717) is 0 Å². The van der Waals surface area contributed by atoms with Gasteiger partial charge in [0, 0.05) is 49.3 Å². The quantitative estimate of drug-likeness (QED) is 0.0904. The molecule has 4 nitrogen and oxygen atoms in total. The molecule has 0 aliphatic rings. The van der Waals surface area contributed by atoms with E-state index in [0.717, 1.165) is 66.8 Å². The Morgan fingerprint density at radius 2 is 0.350 bits per heavy atom. The number of nitrogens with zero attached hydrogens (tertiary/aromatic N) is 4. The summed E-state index contributed by atoms with van der Waals surface area (Å²) in [5.74, 6) is 0. The number of hydrogen-bond donors (Lipinski definition) is 0. The van der Waals surface area contributed by atoms with Gasteiger partial charge in [-0.2, -0.15) is 0 Å². The van der Waals surface area contributed by atoms with Crippen molar-refractivity contribution in [2.75, 3.05) is 0 Å². The predicted molar refractivity (Wildman–Crippen MR) is 431 cm³/mol. The lowest BCUT2D eigenvalue weighted by atomic mass is 9.81. The summed E-state index contributed by atoms with van der Waals surface area (Å²) < 4.78 is 2.08. The molecule has 19 aromatic rings. The Morgan fingerprint density at radius 3 is 0.641 bits per heavy atom. The second kappa shape index (κ2) is 25.6. The number of aryl methyl sites for hydroxylation is 1. The Balaban J connectivity index is 0.853. The van der Waals surface area contributed by atoms with Crippen molar-refractivity contribution in [3.05, 3.63) is 377 Å². The van der Waals surface area contributed by atoms with Crippen molar-refractivity contribution in [1.82, 2.24) is 15.0 Å². The molecule has 0 amide bonds. The minimum atomic E-state index is 1.13. The zero-order valence-electron chi connectivity index (χ0n) is 56.6. The van der Waals surface area contributed by atoms with Crippen LogP contribution in [0.5, 0.6) is 0 Å². The average Bonchev–Trinajstić information content (AvgIpc) is 0.721. The van der Waals surface area contributed by atoms with Crippen LogP contribution in [0.2, 0.25) is 0 Å². The first-order valence-electron chi connectivity index (χ1n) is 35.2.